The van der Waals surface area contributed by atoms with Crippen LogP contribution in [0.2, 0.25) is 0 Å². The van der Waals surface area contributed by atoms with Crippen molar-refractivity contribution < 1.29 is 22.5 Å². The summed E-state index contributed by atoms with van der Waals surface area (Å²) in [5, 5.41) is 0.109. The Labute approximate surface area is 179 Å². The van der Waals surface area contributed by atoms with E-state index in [0.717, 1.165) is 6.42 Å². The Hall–Kier alpha value is -2.47. The van der Waals surface area contributed by atoms with E-state index in [0.29, 0.717) is 48.3 Å². The van der Waals surface area contributed by atoms with E-state index in [2.05, 4.69) is 24.6 Å². The molecular weight excluding hydrogens is 433 g/mol. The minimum atomic E-state index is -3.04. The molecule has 5 rings (SSSR count). The Kier molecular flexibility index (Phi) is 5.21. The monoisotopic (exact) mass is 454 g/mol. The smallest absolute Gasteiger partial charge is 0.387 e. The van der Waals surface area contributed by atoms with Crippen molar-refractivity contribution in [3.8, 4) is 17.0 Å². The number of fused-ring (bicyclic) bond motifs is 2. The molecule has 0 spiro atoms. The van der Waals surface area contributed by atoms with Crippen LogP contribution < -0.4 is 20.3 Å². The van der Waals surface area contributed by atoms with Crippen LogP contribution in [0.3, 0.4) is 0 Å². The third-order valence-corrected chi connectivity index (χ3v) is 7.71. The number of rotatable bonds is 5. The number of anilines is 3. The van der Waals surface area contributed by atoms with Crippen molar-refractivity contribution >= 4 is 28.8 Å². The number of hydrogen-bond acceptors (Lipinski definition) is 8. The van der Waals surface area contributed by atoms with Crippen LogP contribution >= 0.6 is 0 Å². The number of pyridine rings is 1. The predicted octanol–water partition coefficient (Wildman–Crippen LogP) is 1.98. The van der Waals surface area contributed by atoms with Crippen molar-refractivity contribution in [3.05, 3.63) is 18.3 Å². The highest BCUT2D eigenvalue weighted by Crippen LogP contribution is 2.38. The minimum absolute atomic E-state index is 0.109. The second kappa shape index (κ2) is 7.90. The minimum Gasteiger partial charge on any atom is -0.616 e. The lowest BCUT2D eigenvalue weighted by atomic mass is 10.2. The van der Waals surface area contributed by atoms with Crippen LogP contribution in [0.15, 0.2) is 18.3 Å². The lowest BCUT2D eigenvalue weighted by Gasteiger charge is -2.29. The summed E-state index contributed by atoms with van der Waals surface area (Å²) in [6, 6.07) is 3.23. The van der Waals surface area contributed by atoms with Gasteiger partial charge in [-0.25, -0.2) is 14.4 Å². The molecular formula is C19H21F3N6O2S. The Bertz CT molecular complexity index is 984. The van der Waals surface area contributed by atoms with Gasteiger partial charge in [-0.2, -0.15) is 13.8 Å². The molecule has 12 heteroatoms. The van der Waals surface area contributed by atoms with Gasteiger partial charge in [0.2, 0.25) is 5.95 Å². The Morgan fingerprint density at radius 3 is 2.74 bits per heavy atom. The Morgan fingerprint density at radius 1 is 1.26 bits per heavy atom. The normalized spacial score (nSPS) is 27.5. The van der Waals surface area contributed by atoms with E-state index in [1.54, 1.807) is 11.0 Å². The van der Waals surface area contributed by atoms with Crippen LogP contribution in [0, 0.1) is 0 Å². The van der Waals surface area contributed by atoms with Gasteiger partial charge in [0.1, 0.15) is 23.0 Å². The van der Waals surface area contributed by atoms with E-state index in [1.807, 2.05) is 0 Å². The first kappa shape index (κ1) is 20.4. The van der Waals surface area contributed by atoms with Crippen molar-refractivity contribution in [3.63, 3.8) is 0 Å². The Morgan fingerprint density at radius 2 is 2.10 bits per heavy atom. The molecule has 2 N–H and O–H groups in total. The lowest BCUT2D eigenvalue weighted by Crippen LogP contribution is -2.41. The molecule has 0 aromatic carbocycles. The summed E-state index contributed by atoms with van der Waals surface area (Å²) < 4.78 is 55.8. The van der Waals surface area contributed by atoms with Crippen molar-refractivity contribution in [1.82, 2.24) is 15.0 Å². The van der Waals surface area contributed by atoms with Gasteiger partial charge >= 0.3 is 6.61 Å². The molecule has 5 heterocycles. The fourth-order valence-electron chi connectivity index (χ4n) is 4.37. The number of hydrogen-bond donors (Lipinski definition) is 1. The summed E-state index contributed by atoms with van der Waals surface area (Å²) in [7, 11) is 0. The largest absolute Gasteiger partial charge is 0.616 e. The first-order valence-electron chi connectivity index (χ1n) is 10.00. The quantitative estimate of drug-likeness (QED) is 0.684. The number of ether oxygens (including phenoxy) is 1. The number of nitrogens with zero attached hydrogens (tertiary/aromatic N) is 5. The number of alkyl halides is 3. The van der Waals surface area contributed by atoms with Crippen LogP contribution in [0.25, 0.3) is 11.3 Å². The first-order valence-corrected chi connectivity index (χ1v) is 11.4. The number of halogens is 3. The zero-order valence-corrected chi connectivity index (χ0v) is 17.3. The van der Waals surface area contributed by atoms with Crippen LogP contribution in [0.1, 0.15) is 12.8 Å². The second-order valence-corrected chi connectivity index (χ2v) is 9.70. The molecule has 31 heavy (non-hydrogen) atoms. The highest BCUT2D eigenvalue weighted by atomic mass is 32.2. The fourth-order valence-corrected chi connectivity index (χ4v) is 6.10. The fraction of sp³-hybridized carbons (Fsp3) is 0.526. The molecule has 0 unspecified atom stereocenters. The third-order valence-electron chi connectivity index (χ3n) is 5.91. The summed E-state index contributed by atoms with van der Waals surface area (Å²) >= 11 is -0.827. The topological polar surface area (TPSA) is 103 Å². The van der Waals surface area contributed by atoms with Gasteiger partial charge in [-0.05, 0) is 23.7 Å². The van der Waals surface area contributed by atoms with Crippen LogP contribution in [-0.2, 0) is 11.2 Å². The van der Waals surface area contributed by atoms with Gasteiger partial charge in [0.25, 0.3) is 0 Å². The lowest BCUT2D eigenvalue weighted by molar-refractivity contribution is -0.0494. The van der Waals surface area contributed by atoms with Gasteiger partial charge in [0, 0.05) is 30.8 Å². The molecule has 2 bridgehead atoms. The van der Waals surface area contributed by atoms with Crippen molar-refractivity contribution in [2.75, 3.05) is 40.9 Å². The number of nitrogens with two attached hydrogens (primary N) is 1. The zero-order valence-electron chi connectivity index (χ0n) is 16.5. The maximum atomic E-state index is 13.8. The van der Waals surface area contributed by atoms with Gasteiger partial charge in [0.05, 0.1) is 24.8 Å². The van der Waals surface area contributed by atoms with E-state index in [4.69, 9.17) is 5.73 Å². The highest BCUT2D eigenvalue weighted by Gasteiger charge is 2.48. The zero-order chi connectivity index (χ0) is 21.7. The molecule has 0 aliphatic carbocycles. The van der Waals surface area contributed by atoms with E-state index >= 15 is 0 Å². The molecule has 8 nitrogen and oxygen atoms in total. The third kappa shape index (κ3) is 3.93. The maximum absolute atomic E-state index is 13.8. The summed E-state index contributed by atoms with van der Waals surface area (Å²) in [5.41, 5.74) is 6.53. The van der Waals surface area contributed by atoms with Crippen molar-refractivity contribution in [2.45, 2.75) is 36.9 Å². The average Bonchev–Trinajstić information content (AvgIpc) is 3.44. The van der Waals surface area contributed by atoms with Gasteiger partial charge < -0.3 is 24.8 Å². The average molecular weight is 454 g/mol. The molecule has 0 amide bonds. The SMILES string of the molecule is Nc1ncc(-c2cc(N3C[C@@H]4C[C@H]3C[S@+]4[O-])nc(N3CC[C@@H](F)C3)n2)cc1OC(F)F. The van der Waals surface area contributed by atoms with E-state index in [9.17, 15) is 17.7 Å². The first-order chi connectivity index (χ1) is 14.9. The predicted molar refractivity (Wildman–Crippen MR) is 111 cm³/mol. The number of nitrogen functional groups attached to an aromatic ring is 1. The standard InChI is InChI=1S/C19H21F3N6O2S/c20-11-1-2-27(7-11)19-25-14(10-3-15(30-18(21)22)17(23)24-6-10)5-16(26-19)28-8-13-4-12(28)9-31(13)29/h3,5-6,11-13,18H,1-2,4,7-9H2,(H2,23,24)/t11-,12+,13+,31+/m1/s1. The molecule has 0 radical (unpaired) electrons. The van der Waals surface area contributed by atoms with Crippen molar-refractivity contribution in [1.29, 1.82) is 0 Å². The van der Waals surface area contributed by atoms with Crippen LogP contribution in [-0.4, -0.2) is 69.0 Å². The van der Waals surface area contributed by atoms with Gasteiger partial charge in [-0.1, -0.05) is 0 Å². The summed E-state index contributed by atoms with van der Waals surface area (Å²) in [4.78, 5) is 17.1. The molecule has 2 aromatic heterocycles. The molecule has 3 aliphatic rings. The van der Waals surface area contributed by atoms with Gasteiger partial charge in [-0.15, -0.1) is 0 Å². The Balaban J connectivity index is 1.54. The van der Waals surface area contributed by atoms with E-state index < -0.39 is 24.0 Å². The number of aromatic nitrogens is 3. The van der Waals surface area contributed by atoms with Gasteiger partial charge in [0.15, 0.2) is 11.6 Å². The highest BCUT2D eigenvalue weighted by molar-refractivity contribution is 7.92. The summed E-state index contributed by atoms with van der Waals surface area (Å²) in [5.74, 6) is 1.20. The molecule has 2 aromatic rings. The molecule has 3 aliphatic heterocycles. The summed E-state index contributed by atoms with van der Waals surface area (Å²) in [6.45, 7) is -1.74. The molecule has 3 saturated heterocycles. The molecule has 166 valence electrons. The van der Waals surface area contributed by atoms with Crippen LogP contribution in [0.4, 0.5) is 30.8 Å². The summed E-state index contributed by atoms with van der Waals surface area (Å²) in [6.07, 6.45) is 1.71. The van der Waals surface area contributed by atoms with Crippen molar-refractivity contribution in [2.24, 2.45) is 0 Å². The molecule has 3 fully saturated rings. The molecule has 0 saturated carbocycles. The molecule has 4 atom stereocenters. The van der Waals surface area contributed by atoms with E-state index in [1.165, 1.54) is 12.3 Å². The van der Waals surface area contributed by atoms with Gasteiger partial charge in [-0.3, -0.25) is 0 Å². The second-order valence-electron chi connectivity index (χ2n) is 7.94. The van der Waals surface area contributed by atoms with Crippen LogP contribution in [0.5, 0.6) is 5.75 Å². The maximum Gasteiger partial charge on any atom is 0.387 e. The van der Waals surface area contributed by atoms with E-state index in [-0.39, 0.29) is 29.4 Å².